The van der Waals surface area contributed by atoms with E-state index in [0.29, 0.717) is 0 Å². The van der Waals surface area contributed by atoms with Crippen molar-refractivity contribution < 1.29 is 9.90 Å². The highest BCUT2D eigenvalue weighted by Crippen LogP contribution is 2.25. The van der Waals surface area contributed by atoms with Gasteiger partial charge in [0.15, 0.2) is 0 Å². The Morgan fingerprint density at radius 3 is 2.94 bits per heavy atom. The molecule has 0 spiro atoms. The number of carbonyl (C=O) groups is 1. The molecule has 1 saturated carbocycles. The molecule has 5 nitrogen and oxygen atoms in total. The summed E-state index contributed by atoms with van der Waals surface area (Å²) in [5.74, 6) is 0.144. The van der Waals surface area contributed by atoms with Gasteiger partial charge in [0.05, 0.1) is 18.7 Å². The average Bonchev–Trinajstić information content (AvgIpc) is 2.61. The highest BCUT2D eigenvalue weighted by Gasteiger charge is 2.26. The van der Waals surface area contributed by atoms with Crippen LogP contribution in [0.5, 0.6) is 0 Å². The Morgan fingerprint density at radius 1 is 1.62 bits per heavy atom. The highest BCUT2D eigenvalue weighted by molar-refractivity contribution is 5.78. The Morgan fingerprint density at radius 2 is 2.38 bits per heavy atom. The average molecular weight is 225 g/mol. The van der Waals surface area contributed by atoms with E-state index in [2.05, 4.69) is 5.32 Å². The van der Waals surface area contributed by atoms with Crippen molar-refractivity contribution >= 4 is 5.91 Å². The second-order valence-electron chi connectivity index (χ2n) is 4.39. The van der Waals surface area contributed by atoms with Gasteiger partial charge < -0.3 is 10.4 Å². The fourth-order valence-electron chi connectivity index (χ4n) is 2.13. The fraction of sp³-hybridized carbons (Fsp3) is 0.818. The minimum atomic E-state index is -0.218. The Balaban J connectivity index is 2.22. The van der Waals surface area contributed by atoms with Crippen molar-refractivity contribution in [1.82, 2.24) is 10.2 Å². The summed E-state index contributed by atoms with van der Waals surface area (Å²) < 4.78 is 0. The van der Waals surface area contributed by atoms with E-state index in [4.69, 9.17) is 5.26 Å². The lowest BCUT2D eigenvalue weighted by atomic mass is 10.1. The predicted molar refractivity (Wildman–Crippen MR) is 59.5 cm³/mol. The summed E-state index contributed by atoms with van der Waals surface area (Å²) in [7, 11) is 1.86. The zero-order valence-electron chi connectivity index (χ0n) is 9.65. The van der Waals surface area contributed by atoms with Crippen LogP contribution in [-0.2, 0) is 4.79 Å². The molecule has 1 rings (SSSR count). The first-order valence-corrected chi connectivity index (χ1v) is 5.63. The molecule has 1 amide bonds. The maximum atomic E-state index is 11.3. The number of amides is 1. The van der Waals surface area contributed by atoms with Gasteiger partial charge in [-0.1, -0.05) is 6.42 Å². The zero-order valence-corrected chi connectivity index (χ0v) is 9.65. The Bertz CT molecular complexity index is 275. The lowest BCUT2D eigenvalue weighted by molar-refractivity contribution is -0.121. The fourth-order valence-corrected chi connectivity index (χ4v) is 2.13. The first-order chi connectivity index (χ1) is 7.63. The van der Waals surface area contributed by atoms with Crippen molar-refractivity contribution in [1.29, 1.82) is 5.26 Å². The van der Waals surface area contributed by atoms with Crippen molar-refractivity contribution in [3.63, 3.8) is 0 Å². The van der Waals surface area contributed by atoms with E-state index in [0.717, 1.165) is 25.8 Å². The summed E-state index contributed by atoms with van der Waals surface area (Å²) in [6.07, 6.45) is 2.76. The first-order valence-electron chi connectivity index (χ1n) is 5.63. The molecule has 0 aliphatic heterocycles. The van der Waals surface area contributed by atoms with Crippen LogP contribution in [-0.4, -0.2) is 48.7 Å². The van der Waals surface area contributed by atoms with Crippen molar-refractivity contribution in [2.24, 2.45) is 5.92 Å². The van der Waals surface area contributed by atoms with E-state index < -0.39 is 0 Å². The number of nitrogens with zero attached hydrogens (tertiary/aromatic N) is 2. The molecular weight excluding hydrogens is 206 g/mol. The topological polar surface area (TPSA) is 76.4 Å². The Kier molecular flexibility index (Phi) is 5.23. The smallest absolute Gasteiger partial charge is 0.234 e. The summed E-state index contributed by atoms with van der Waals surface area (Å²) in [4.78, 5) is 13.2. The lowest BCUT2D eigenvalue weighted by Crippen LogP contribution is -2.38. The van der Waals surface area contributed by atoms with Crippen LogP contribution in [0.25, 0.3) is 0 Å². The number of carbonyl (C=O) groups excluding carboxylic acids is 1. The number of rotatable bonds is 5. The van der Waals surface area contributed by atoms with E-state index in [1.54, 1.807) is 0 Å². The van der Waals surface area contributed by atoms with Crippen LogP contribution in [0.15, 0.2) is 0 Å². The standard InChI is InChI=1S/C11H19N3O2/c1-14(8-11(16)13-6-5-12)7-9-3-2-4-10(9)15/h9-10,15H,2-4,6-8H2,1H3,(H,13,16). The van der Waals surface area contributed by atoms with Crippen LogP contribution in [0.4, 0.5) is 0 Å². The zero-order chi connectivity index (χ0) is 12.0. The van der Waals surface area contributed by atoms with Gasteiger partial charge in [-0.25, -0.2) is 0 Å². The van der Waals surface area contributed by atoms with Gasteiger partial charge in [-0.05, 0) is 25.8 Å². The second kappa shape index (κ2) is 6.46. The van der Waals surface area contributed by atoms with Gasteiger partial charge >= 0.3 is 0 Å². The number of nitriles is 1. The molecule has 5 heteroatoms. The van der Waals surface area contributed by atoms with Crippen LogP contribution in [0, 0.1) is 17.2 Å². The summed E-state index contributed by atoms with van der Waals surface area (Å²) in [5.41, 5.74) is 0. The van der Waals surface area contributed by atoms with Crippen molar-refractivity contribution in [3.05, 3.63) is 0 Å². The van der Waals surface area contributed by atoms with Gasteiger partial charge in [0.1, 0.15) is 6.54 Å². The number of hydrogen-bond acceptors (Lipinski definition) is 4. The molecule has 0 bridgehead atoms. The minimum absolute atomic E-state index is 0.0543. The molecule has 90 valence electrons. The van der Waals surface area contributed by atoms with Gasteiger partial charge in [-0.2, -0.15) is 5.26 Å². The molecule has 2 N–H and O–H groups in total. The van der Waals surface area contributed by atoms with Crippen molar-refractivity contribution in [3.8, 4) is 6.07 Å². The maximum absolute atomic E-state index is 11.3. The third kappa shape index (κ3) is 4.17. The number of aliphatic hydroxyl groups is 1. The van der Waals surface area contributed by atoms with Crippen LogP contribution in [0.2, 0.25) is 0 Å². The Hall–Kier alpha value is -1.12. The summed E-state index contributed by atoms with van der Waals surface area (Å²) in [6, 6.07) is 1.86. The molecule has 0 aromatic rings. The summed E-state index contributed by atoms with van der Waals surface area (Å²) in [5, 5.41) is 20.4. The molecule has 2 unspecified atom stereocenters. The second-order valence-corrected chi connectivity index (χ2v) is 4.39. The molecule has 2 atom stereocenters. The highest BCUT2D eigenvalue weighted by atomic mass is 16.3. The normalized spacial score (nSPS) is 24.4. The SMILES string of the molecule is CN(CC(=O)NCC#N)CC1CCCC1O. The van der Waals surface area contributed by atoms with Crippen LogP contribution in [0.1, 0.15) is 19.3 Å². The van der Waals surface area contributed by atoms with E-state index in [-0.39, 0.29) is 31.0 Å². The van der Waals surface area contributed by atoms with Crippen molar-refractivity contribution in [2.75, 3.05) is 26.7 Å². The minimum Gasteiger partial charge on any atom is -0.393 e. The summed E-state index contributed by atoms with van der Waals surface area (Å²) in [6.45, 7) is 1.07. The molecule has 1 aliphatic rings. The van der Waals surface area contributed by atoms with Gasteiger partial charge in [0, 0.05) is 6.54 Å². The quantitative estimate of drug-likeness (QED) is 0.631. The van der Waals surface area contributed by atoms with E-state index in [1.807, 2.05) is 18.0 Å². The van der Waals surface area contributed by atoms with E-state index in [1.165, 1.54) is 0 Å². The number of hydrogen-bond donors (Lipinski definition) is 2. The van der Waals surface area contributed by atoms with Crippen molar-refractivity contribution in [2.45, 2.75) is 25.4 Å². The summed E-state index contributed by atoms with van der Waals surface area (Å²) >= 11 is 0. The first kappa shape index (κ1) is 12.9. The number of nitrogens with one attached hydrogen (secondary N) is 1. The molecule has 1 aliphatic carbocycles. The van der Waals surface area contributed by atoms with Crippen LogP contribution < -0.4 is 5.32 Å². The molecule has 0 radical (unpaired) electrons. The maximum Gasteiger partial charge on any atom is 0.234 e. The lowest BCUT2D eigenvalue weighted by Gasteiger charge is -2.22. The van der Waals surface area contributed by atoms with Gasteiger partial charge in [0.25, 0.3) is 0 Å². The number of aliphatic hydroxyl groups excluding tert-OH is 1. The molecule has 0 aromatic carbocycles. The molecule has 1 fully saturated rings. The van der Waals surface area contributed by atoms with Gasteiger partial charge in [0.2, 0.25) is 5.91 Å². The largest absolute Gasteiger partial charge is 0.393 e. The van der Waals surface area contributed by atoms with E-state index >= 15 is 0 Å². The molecule has 16 heavy (non-hydrogen) atoms. The van der Waals surface area contributed by atoms with Crippen LogP contribution in [0.3, 0.4) is 0 Å². The van der Waals surface area contributed by atoms with Crippen LogP contribution >= 0.6 is 0 Å². The third-order valence-electron chi connectivity index (χ3n) is 2.94. The number of likely N-dealkylation sites (N-methyl/N-ethyl adjacent to an activating group) is 1. The predicted octanol–water partition coefficient (Wildman–Crippen LogP) is -0.281. The molecule has 0 aromatic heterocycles. The molecule has 0 saturated heterocycles. The monoisotopic (exact) mass is 225 g/mol. The van der Waals surface area contributed by atoms with Gasteiger partial charge in [-0.3, -0.25) is 9.69 Å². The van der Waals surface area contributed by atoms with Gasteiger partial charge in [-0.15, -0.1) is 0 Å². The molecule has 0 heterocycles. The molecular formula is C11H19N3O2. The Labute approximate surface area is 96.0 Å². The van der Waals surface area contributed by atoms with E-state index in [9.17, 15) is 9.90 Å². The third-order valence-corrected chi connectivity index (χ3v) is 2.94.